The van der Waals surface area contributed by atoms with E-state index >= 15 is 0 Å². The van der Waals surface area contributed by atoms with Crippen LogP contribution < -0.4 is 14.8 Å². The lowest BCUT2D eigenvalue weighted by molar-refractivity contribution is -0.389. The maximum atomic E-state index is 12.5. The lowest BCUT2D eigenvalue weighted by Gasteiger charge is -2.13. The summed E-state index contributed by atoms with van der Waals surface area (Å²) >= 11 is 0. The fraction of sp³-hybridized carbons (Fsp3) is 0.160. The monoisotopic (exact) mass is 458 g/mol. The van der Waals surface area contributed by atoms with Gasteiger partial charge in [0, 0.05) is 18.1 Å². The number of nitrogens with zero attached hydrogens (tertiary/aromatic N) is 3. The van der Waals surface area contributed by atoms with Gasteiger partial charge in [0.1, 0.15) is 29.3 Å². The highest BCUT2D eigenvalue weighted by atomic mass is 16.6. The van der Waals surface area contributed by atoms with Crippen molar-refractivity contribution in [1.82, 2.24) is 10.3 Å². The topological polar surface area (TPSA) is 116 Å². The second kappa shape index (κ2) is 9.53. The van der Waals surface area contributed by atoms with Crippen LogP contribution in [0.1, 0.15) is 33.5 Å². The smallest absolute Gasteiger partial charge is 0.364 e. The van der Waals surface area contributed by atoms with Crippen LogP contribution in [0.25, 0.3) is 5.70 Å². The molecule has 0 atom stereocenters. The van der Waals surface area contributed by atoms with E-state index in [4.69, 9.17) is 9.47 Å². The van der Waals surface area contributed by atoms with E-state index in [9.17, 15) is 14.9 Å². The normalized spacial score (nSPS) is 12.6. The predicted molar refractivity (Wildman–Crippen MR) is 127 cm³/mol. The summed E-state index contributed by atoms with van der Waals surface area (Å²) in [6, 6.07) is 13.8. The fourth-order valence-electron chi connectivity index (χ4n) is 3.70. The van der Waals surface area contributed by atoms with Crippen LogP contribution in [0.3, 0.4) is 0 Å². The number of aliphatic imine (C=N–C) groups is 1. The molecule has 3 aromatic rings. The number of pyridine rings is 1. The summed E-state index contributed by atoms with van der Waals surface area (Å²) in [5.41, 5.74) is 3.82. The van der Waals surface area contributed by atoms with Crippen molar-refractivity contribution in [3.05, 3.63) is 93.2 Å². The molecule has 172 valence electrons. The molecule has 2 heterocycles. The number of nitrogens with one attached hydrogen (secondary N) is 1. The molecule has 34 heavy (non-hydrogen) atoms. The number of carbonyl (C=O) groups excluding carboxylic acids is 1. The number of amides is 1. The number of amidine groups is 1. The van der Waals surface area contributed by atoms with Crippen LogP contribution in [0.2, 0.25) is 0 Å². The van der Waals surface area contributed by atoms with E-state index in [0.717, 1.165) is 34.2 Å². The summed E-state index contributed by atoms with van der Waals surface area (Å²) in [6.45, 7) is 3.96. The average molecular weight is 458 g/mol. The van der Waals surface area contributed by atoms with Gasteiger partial charge in [0.25, 0.3) is 5.91 Å². The SMILES string of the molecule is COc1ccc(Oc2cc(C)c(C3=CCC(NC(=O)c4ccnc([N+](=O)[O-])c4)=N3)c(C)c2)cc1. The number of aromatic nitrogens is 1. The number of methoxy groups -OCH3 is 1. The molecule has 1 aliphatic rings. The molecule has 1 N–H and O–H groups in total. The van der Waals surface area contributed by atoms with E-state index in [1.54, 1.807) is 7.11 Å². The predicted octanol–water partition coefficient (Wildman–Crippen LogP) is 4.98. The van der Waals surface area contributed by atoms with E-state index in [1.807, 2.05) is 56.3 Å². The summed E-state index contributed by atoms with van der Waals surface area (Å²) in [5, 5.41) is 13.6. The van der Waals surface area contributed by atoms with E-state index in [2.05, 4.69) is 15.3 Å². The van der Waals surface area contributed by atoms with Crippen molar-refractivity contribution < 1.29 is 19.2 Å². The second-order valence-corrected chi connectivity index (χ2v) is 7.68. The fourth-order valence-corrected chi connectivity index (χ4v) is 3.70. The van der Waals surface area contributed by atoms with Crippen LogP contribution in [0.15, 0.2) is 65.8 Å². The third kappa shape index (κ3) is 4.93. The number of benzene rings is 2. The van der Waals surface area contributed by atoms with Crippen molar-refractivity contribution in [2.45, 2.75) is 20.3 Å². The third-order valence-electron chi connectivity index (χ3n) is 5.25. The molecule has 2 aromatic carbocycles. The molecule has 0 aliphatic carbocycles. The first-order valence-electron chi connectivity index (χ1n) is 10.5. The minimum absolute atomic E-state index is 0.144. The van der Waals surface area contributed by atoms with Gasteiger partial charge >= 0.3 is 5.82 Å². The van der Waals surface area contributed by atoms with Crippen molar-refractivity contribution in [2.24, 2.45) is 4.99 Å². The standard InChI is InChI=1S/C25H22N4O5/c1-15-12-20(34-19-6-4-18(33-3)5-7-19)13-16(2)24(15)21-8-9-22(27-21)28-25(30)17-10-11-26-23(14-17)29(31)32/h4-8,10-14H,9H2,1-3H3,(H,27,28,30). The summed E-state index contributed by atoms with van der Waals surface area (Å²) in [7, 11) is 1.61. The summed E-state index contributed by atoms with van der Waals surface area (Å²) < 4.78 is 11.2. The van der Waals surface area contributed by atoms with Crippen LogP contribution in [-0.2, 0) is 0 Å². The van der Waals surface area contributed by atoms with Crippen molar-refractivity contribution in [2.75, 3.05) is 7.11 Å². The largest absolute Gasteiger partial charge is 0.497 e. The molecular formula is C25H22N4O5. The number of hydrogen-bond acceptors (Lipinski definition) is 7. The minimum atomic E-state index is -0.642. The zero-order valence-electron chi connectivity index (χ0n) is 18.9. The van der Waals surface area contributed by atoms with E-state index < -0.39 is 10.8 Å². The number of carbonyl (C=O) groups is 1. The van der Waals surface area contributed by atoms with E-state index in [-0.39, 0.29) is 11.4 Å². The molecular weight excluding hydrogens is 436 g/mol. The Morgan fingerprint density at radius 3 is 2.35 bits per heavy atom. The molecule has 1 aliphatic heterocycles. The van der Waals surface area contributed by atoms with Gasteiger partial charge in [-0.15, -0.1) is 0 Å². The summed E-state index contributed by atoms with van der Waals surface area (Å²) in [5.74, 6) is 1.77. The Balaban J connectivity index is 1.49. The Morgan fingerprint density at radius 2 is 1.71 bits per heavy atom. The maximum absolute atomic E-state index is 12.5. The third-order valence-corrected chi connectivity index (χ3v) is 5.25. The summed E-state index contributed by atoms with van der Waals surface area (Å²) in [4.78, 5) is 31.0. The van der Waals surface area contributed by atoms with Crippen molar-refractivity contribution in [3.8, 4) is 17.2 Å². The molecule has 9 nitrogen and oxygen atoms in total. The van der Waals surface area contributed by atoms with Crippen LogP contribution in [0.4, 0.5) is 5.82 Å². The average Bonchev–Trinajstić information content (AvgIpc) is 3.27. The van der Waals surface area contributed by atoms with Crippen molar-refractivity contribution in [1.29, 1.82) is 0 Å². The molecule has 1 aromatic heterocycles. The first-order valence-corrected chi connectivity index (χ1v) is 10.5. The second-order valence-electron chi connectivity index (χ2n) is 7.68. The highest BCUT2D eigenvalue weighted by Crippen LogP contribution is 2.33. The zero-order chi connectivity index (χ0) is 24.2. The Bertz CT molecular complexity index is 1310. The van der Waals surface area contributed by atoms with Gasteiger partial charge in [0.05, 0.1) is 18.4 Å². The van der Waals surface area contributed by atoms with E-state index in [1.165, 1.54) is 12.3 Å². The van der Waals surface area contributed by atoms with Gasteiger partial charge in [0.2, 0.25) is 0 Å². The van der Waals surface area contributed by atoms with E-state index in [0.29, 0.717) is 23.8 Å². The van der Waals surface area contributed by atoms with Crippen LogP contribution >= 0.6 is 0 Å². The molecule has 0 bridgehead atoms. The van der Waals surface area contributed by atoms with Gasteiger partial charge in [-0.2, -0.15) is 0 Å². The Morgan fingerprint density at radius 1 is 1.03 bits per heavy atom. The van der Waals surface area contributed by atoms with Gasteiger partial charge in [-0.3, -0.25) is 4.79 Å². The molecule has 0 spiro atoms. The maximum Gasteiger partial charge on any atom is 0.364 e. The van der Waals surface area contributed by atoms with Crippen LogP contribution in [0, 0.1) is 24.0 Å². The lowest BCUT2D eigenvalue weighted by atomic mass is 9.99. The van der Waals surface area contributed by atoms with Crippen LogP contribution in [-0.4, -0.2) is 28.8 Å². The first kappa shape index (κ1) is 22.7. The van der Waals surface area contributed by atoms with Gasteiger partial charge in [-0.05, 0) is 77.3 Å². The highest BCUT2D eigenvalue weighted by molar-refractivity contribution is 6.09. The highest BCUT2D eigenvalue weighted by Gasteiger charge is 2.19. The van der Waals surface area contributed by atoms with Gasteiger partial charge in [-0.25, -0.2) is 4.99 Å². The Kier molecular flexibility index (Phi) is 6.35. The van der Waals surface area contributed by atoms with Crippen molar-refractivity contribution in [3.63, 3.8) is 0 Å². The lowest BCUT2D eigenvalue weighted by Crippen LogP contribution is -2.29. The summed E-state index contributed by atoms with van der Waals surface area (Å²) in [6.07, 6.45) is 3.61. The molecule has 4 rings (SSSR count). The molecule has 0 saturated carbocycles. The molecule has 0 saturated heterocycles. The Hall–Kier alpha value is -4.53. The zero-order valence-corrected chi connectivity index (χ0v) is 18.9. The quantitative estimate of drug-likeness (QED) is 0.411. The molecule has 1 amide bonds. The number of nitro groups is 1. The molecule has 0 radical (unpaired) electrons. The van der Waals surface area contributed by atoms with Crippen molar-refractivity contribution >= 4 is 23.3 Å². The van der Waals surface area contributed by atoms with Gasteiger partial charge in [0.15, 0.2) is 0 Å². The van der Waals surface area contributed by atoms with Gasteiger partial charge in [-0.1, -0.05) is 6.08 Å². The first-order chi connectivity index (χ1) is 16.3. The molecule has 0 fully saturated rings. The number of hydrogen-bond donors (Lipinski definition) is 1. The molecule has 0 unspecified atom stereocenters. The minimum Gasteiger partial charge on any atom is -0.497 e. The number of ether oxygens (including phenoxy) is 2. The number of rotatable bonds is 6. The van der Waals surface area contributed by atoms with Gasteiger partial charge < -0.3 is 24.9 Å². The molecule has 9 heteroatoms. The Labute approximate surface area is 195 Å². The van der Waals surface area contributed by atoms with Crippen LogP contribution in [0.5, 0.6) is 17.2 Å². The number of aryl methyl sites for hydroxylation is 2.